The summed E-state index contributed by atoms with van der Waals surface area (Å²) in [5.41, 5.74) is 2.35. The Bertz CT molecular complexity index is 671. The maximum atomic E-state index is 12.9. The SMILES string of the molecule is CN1CC2(CCC1=O)CCN(C(=O)c1ccc([C@@H]3CCNC3)cc1)CC2. The van der Waals surface area contributed by atoms with Crippen LogP contribution in [0.3, 0.4) is 0 Å². The van der Waals surface area contributed by atoms with Gasteiger partial charge in [-0.25, -0.2) is 0 Å². The smallest absolute Gasteiger partial charge is 0.253 e. The van der Waals surface area contributed by atoms with E-state index in [1.165, 1.54) is 12.0 Å². The Morgan fingerprint density at radius 2 is 1.88 bits per heavy atom. The van der Waals surface area contributed by atoms with Crippen LogP contribution in [0.25, 0.3) is 0 Å². The van der Waals surface area contributed by atoms with E-state index in [4.69, 9.17) is 0 Å². The van der Waals surface area contributed by atoms with Crippen molar-refractivity contribution in [2.75, 3.05) is 39.8 Å². The molecule has 3 aliphatic heterocycles. The van der Waals surface area contributed by atoms with Crippen LogP contribution in [0.15, 0.2) is 24.3 Å². The van der Waals surface area contributed by atoms with Gasteiger partial charge in [-0.2, -0.15) is 0 Å². The number of carbonyl (C=O) groups is 2. The number of benzene rings is 1. The monoisotopic (exact) mass is 355 g/mol. The summed E-state index contributed by atoms with van der Waals surface area (Å²) in [5, 5.41) is 3.39. The molecule has 26 heavy (non-hydrogen) atoms. The zero-order valence-corrected chi connectivity index (χ0v) is 15.7. The molecule has 3 fully saturated rings. The summed E-state index contributed by atoms with van der Waals surface area (Å²) in [6.07, 6.45) is 4.81. The van der Waals surface area contributed by atoms with Gasteiger partial charge in [-0.1, -0.05) is 12.1 Å². The molecule has 0 unspecified atom stereocenters. The second-order valence-electron chi connectivity index (χ2n) is 8.35. The quantitative estimate of drug-likeness (QED) is 0.885. The van der Waals surface area contributed by atoms with Gasteiger partial charge in [-0.05, 0) is 61.3 Å². The van der Waals surface area contributed by atoms with E-state index in [2.05, 4.69) is 17.4 Å². The lowest BCUT2D eigenvalue weighted by Crippen LogP contribution is -2.51. The standard InChI is InChI=1S/C21H29N3O2/c1-23-15-21(8-6-19(23)25)9-12-24(13-10-21)20(26)17-4-2-16(3-5-17)18-7-11-22-14-18/h2-5,18,22H,6-15H2,1H3/t18-/m1/s1. The highest BCUT2D eigenvalue weighted by atomic mass is 16.2. The lowest BCUT2D eigenvalue weighted by atomic mass is 9.72. The third kappa shape index (κ3) is 3.37. The molecule has 0 radical (unpaired) electrons. The van der Waals surface area contributed by atoms with Crippen molar-refractivity contribution >= 4 is 11.8 Å². The fourth-order valence-corrected chi connectivity index (χ4v) is 4.85. The summed E-state index contributed by atoms with van der Waals surface area (Å²) in [6.45, 7) is 4.57. The molecule has 3 heterocycles. The molecular formula is C21H29N3O2. The molecule has 1 aromatic carbocycles. The number of piperidine rings is 2. The zero-order chi connectivity index (χ0) is 18.1. The lowest BCUT2D eigenvalue weighted by molar-refractivity contribution is -0.137. The molecule has 3 saturated heterocycles. The molecular weight excluding hydrogens is 326 g/mol. The normalized spacial score (nSPS) is 25.7. The summed E-state index contributed by atoms with van der Waals surface area (Å²) >= 11 is 0. The Hall–Kier alpha value is -1.88. The highest BCUT2D eigenvalue weighted by Gasteiger charge is 2.40. The molecule has 0 aliphatic carbocycles. The molecule has 5 nitrogen and oxygen atoms in total. The summed E-state index contributed by atoms with van der Waals surface area (Å²) < 4.78 is 0. The van der Waals surface area contributed by atoms with E-state index in [1.807, 2.05) is 29.0 Å². The Morgan fingerprint density at radius 3 is 2.50 bits per heavy atom. The Kier molecular flexibility index (Phi) is 4.74. The van der Waals surface area contributed by atoms with Crippen molar-refractivity contribution < 1.29 is 9.59 Å². The maximum Gasteiger partial charge on any atom is 0.253 e. The highest BCUT2D eigenvalue weighted by molar-refractivity contribution is 5.94. The first-order chi connectivity index (χ1) is 12.6. The van der Waals surface area contributed by atoms with E-state index in [0.29, 0.717) is 12.3 Å². The van der Waals surface area contributed by atoms with Crippen LogP contribution in [-0.4, -0.2) is 61.4 Å². The van der Waals surface area contributed by atoms with Crippen molar-refractivity contribution in [3.05, 3.63) is 35.4 Å². The molecule has 1 N–H and O–H groups in total. The average Bonchev–Trinajstić information content (AvgIpc) is 3.20. The van der Waals surface area contributed by atoms with Crippen molar-refractivity contribution in [3.8, 4) is 0 Å². The van der Waals surface area contributed by atoms with Gasteiger partial charge in [0.1, 0.15) is 0 Å². The van der Waals surface area contributed by atoms with Gasteiger partial charge in [0.15, 0.2) is 0 Å². The molecule has 0 aromatic heterocycles. The minimum absolute atomic E-state index is 0.149. The Balaban J connectivity index is 1.37. The maximum absolute atomic E-state index is 12.9. The van der Waals surface area contributed by atoms with Crippen molar-refractivity contribution in [2.45, 2.75) is 38.0 Å². The fraction of sp³-hybridized carbons (Fsp3) is 0.619. The molecule has 1 atom stereocenters. The number of hydrogen-bond acceptors (Lipinski definition) is 3. The van der Waals surface area contributed by atoms with Crippen molar-refractivity contribution in [1.29, 1.82) is 0 Å². The summed E-state index contributed by atoms with van der Waals surface area (Å²) in [7, 11) is 1.90. The predicted molar refractivity (Wildman–Crippen MR) is 101 cm³/mol. The predicted octanol–water partition coefficient (Wildman–Crippen LogP) is 2.24. The molecule has 5 heteroatoms. The van der Waals surface area contributed by atoms with E-state index in [-0.39, 0.29) is 17.2 Å². The molecule has 1 aromatic rings. The third-order valence-corrected chi connectivity index (χ3v) is 6.67. The van der Waals surface area contributed by atoms with Crippen LogP contribution in [-0.2, 0) is 4.79 Å². The van der Waals surface area contributed by atoms with Crippen LogP contribution in [0.2, 0.25) is 0 Å². The Labute approximate surface area is 155 Å². The van der Waals surface area contributed by atoms with Gasteiger partial charge in [0.2, 0.25) is 5.91 Å². The van der Waals surface area contributed by atoms with Gasteiger partial charge in [0, 0.05) is 45.2 Å². The summed E-state index contributed by atoms with van der Waals surface area (Å²) in [4.78, 5) is 28.5. The first-order valence-corrected chi connectivity index (χ1v) is 9.90. The minimum Gasteiger partial charge on any atom is -0.345 e. The number of nitrogens with one attached hydrogen (secondary N) is 1. The molecule has 1 spiro atoms. The minimum atomic E-state index is 0.149. The van der Waals surface area contributed by atoms with Crippen LogP contribution >= 0.6 is 0 Å². The van der Waals surface area contributed by atoms with Crippen molar-refractivity contribution in [1.82, 2.24) is 15.1 Å². The molecule has 0 saturated carbocycles. The van der Waals surface area contributed by atoms with E-state index >= 15 is 0 Å². The molecule has 0 bridgehead atoms. The third-order valence-electron chi connectivity index (χ3n) is 6.67. The number of likely N-dealkylation sites (tertiary alicyclic amines) is 2. The number of carbonyl (C=O) groups excluding carboxylic acids is 2. The van der Waals surface area contributed by atoms with Crippen molar-refractivity contribution in [2.24, 2.45) is 5.41 Å². The molecule has 4 rings (SSSR count). The largest absolute Gasteiger partial charge is 0.345 e. The van der Waals surface area contributed by atoms with Gasteiger partial charge in [-0.15, -0.1) is 0 Å². The van der Waals surface area contributed by atoms with Gasteiger partial charge in [0.25, 0.3) is 5.91 Å². The number of hydrogen-bond donors (Lipinski definition) is 1. The average molecular weight is 355 g/mol. The van der Waals surface area contributed by atoms with Crippen LogP contribution in [0.1, 0.15) is 53.9 Å². The number of nitrogens with zero attached hydrogens (tertiary/aromatic N) is 2. The highest BCUT2D eigenvalue weighted by Crippen LogP contribution is 2.40. The van der Waals surface area contributed by atoms with E-state index in [1.54, 1.807) is 0 Å². The number of amides is 2. The number of rotatable bonds is 2. The van der Waals surface area contributed by atoms with E-state index in [9.17, 15) is 9.59 Å². The van der Waals surface area contributed by atoms with Crippen LogP contribution in [0, 0.1) is 5.41 Å². The molecule has 140 valence electrons. The van der Waals surface area contributed by atoms with Crippen molar-refractivity contribution in [3.63, 3.8) is 0 Å². The van der Waals surface area contributed by atoms with Gasteiger partial charge in [0.05, 0.1) is 0 Å². The van der Waals surface area contributed by atoms with Gasteiger partial charge >= 0.3 is 0 Å². The van der Waals surface area contributed by atoms with Crippen LogP contribution in [0.5, 0.6) is 0 Å². The fourth-order valence-electron chi connectivity index (χ4n) is 4.85. The summed E-state index contributed by atoms with van der Waals surface area (Å²) in [5.74, 6) is 0.989. The van der Waals surface area contributed by atoms with Crippen LogP contribution in [0.4, 0.5) is 0 Å². The first-order valence-electron chi connectivity index (χ1n) is 9.90. The van der Waals surface area contributed by atoms with Gasteiger partial charge < -0.3 is 15.1 Å². The molecule has 3 aliphatic rings. The zero-order valence-electron chi connectivity index (χ0n) is 15.7. The van der Waals surface area contributed by atoms with E-state index in [0.717, 1.165) is 57.5 Å². The summed E-state index contributed by atoms with van der Waals surface area (Å²) in [6, 6.07) is 8.23. The van der Waals surface area contributed by atoms with Gasteiger partial charge in [-0.3, -0.25) is 9.59 Å². The topological polar surface area (TPSA) is 52.7 Å². The first kappa shape index (κ1) is 17.5. The molecule has 2 amide bonds. The lowest BCUT2D eigenvalue weighted by Gasteiger charge is -2.46. The second-order valence-corrected chi connectivity index (χ2v) is 8.35. The Morgan fingerprint density at radius 1 is 1.15 bits per heavy atom. The van der Waals surface area contributed by atoms with E-state index < -0.39 is 0 Å². The van der Waals surface area contributed by atoms with Crippen LogP contribution < -0.4 is 5.32 Å². The second kappa shape index (κ2) is 7.03.